The molecule has 1 atom stereocenters. The summed E-state index contributed by atoms with van der Waals surface area (Å²) in [7, 11) is -1.73. The first-order valence-electron chi connectivity index (χ1n) is 9.94. The standard InChI is InChI=1S/C22H35NO3Si/c1-17-13-21(14-17)26-20-11-10-19(23-15-20)9-8-12-24-18(2)16-25-27(6,7)22(3,4)5/h10-11,15,17-18,21H,12-14,16H2,1-7H3/t17-,18?,21-. The zero-order chi connectivity index (χ0) is 20.1. The molecule has 1 saturated carbocycles. The second-order valence-corrected chi connectivity index (χ2v) is 14.0. The van der Waals surface area contributed by atoms with Crippen molar-refractivity contribution in [2.24, 2.45) is 5.92 Å². The van der Waals surface area contributed by atoms with E-state index < -0.39 is 8.32 Å². The molecule has 0 bridgehead atoms. The van der Waals surface area contributed by atoms with E-state index in [0.717, 1.165) is 30.2 Å². The van der Waals surface area contributed by atoms with Crippen LogP contribution < -0.4 is 4.74 Å². The van der Waals surface area contributed by atoms with Crippen molar-refractivity contribution < 1.29 is 13.9 Å². The van der Waals surface area contributed by atoms with Gasteiger partial charge >= 0.3 is 0 Å². The predicted molar refractivity (Wildman–Crippen MR) is 112 cm³/mol. The lowest BCUT2D eigenvalue weighted by molar-refractivity contribution is 0.0477. The molecule has 2 rings (SSSR count). The Morgan fingerprint density at radius 3 is 2.52 bits per heavy atom. The normalized spacial score (nSPS) is 21.0. The summed E-state index contributed by atoms with van der Waals surface area (Å²) in [6.07, 6.45) is 4.40. The smallest absolute Gasteiger partial charge is 0.192 e. The molecule has 0 aliphatic heterocycles. The summed E-state index contributed by atoms with van der Waals surface area (Å²) >= 11 is 0. The Kier molecular flexibility index (Phi) is 7.50. The zero-order valence-corrected chi connectivity index (χ0v) is 19.0. The number of hydrogen-bond donors (Lipinski definition) is 0. The topological polar surface area (TPSA) is 40.6 Å². The van der Waals surface area contributed by atoms with Gasteiger partial charge in [0.05, 0.1) is 25.0 Å². The third-order valence-corrected chi connectivity index (χ3v) is 10.0. The molecular formula is C22H35NO3Si. The number of aromatic nitrogens is 1. The van der Waals surface area contributed by atoms with Gasteiger partial charge in [0.25, 0.3) is 0 Å². The molecule has 0 N–H and O–H groups in total. The minimum Gasteiger partial charge on any atom is -0.489 e. The first kappa shape index (κ1) is 21.9. The first-order chi connectivity index (χ1) is 12.6. The van der Waals surface area contributed by atoms with Crippen LogP contribution in [-0.2, 0) is 9.16 Å². The molecule has 0 amide bonds. The summed E-state index contributed by atoms with van der Waals surface area (Å²) in [5, 5.41) is 0.213. The molecule has 1 fully saturated rings. The van der Waals surface area contributed by atoms with E-state index in [2.05, 4.69) is 57.6 Å². The summed E-state index contributed by atoms with van der Waals surface area (Å²) in [6, 6.07) is 3.84. The Labute approximate surface area is 166 Å². The van der Waals surface area contributed by atoms with Crippen LogP contribution in [0.1, 0.15) is 53.2 Å². The van der Waals surface area contributed by atoms with Gasteiger partial charge in [0.1, 0.15) is 18.1 Å². The van der Waals surface area contributed by atoms with Crippen LogP contribution >= 0.6 is 0 Å². The Morgan fingerprint density at radius 1 is 1.26 bits per heavy atom. The van der Waals surface area contributed by atoms with Crippen molar-refractivity contribution in [1.29, 1.82) is 0 Å². The van der Waals surface area contributed by atoms with E-state index in [-0.39, 0.29) is 11.1 Å². The quantitative estimate of drug-likeness (QED) is 0.484. The summed E-state index contributed by atoms with van der Waals surface area (Å²) in [4.78, 5) is 4.35. The van der Waals surface area contributed by atoms with Gasteiger partial charge in [-0.25, -0.2) is 4.98 Å². The highest BCUT2D eigenvalue weighted by Gasteiger charge is 2.37. The summed E-state index contributed by atoms with van der Waals surface area (Å²) in [5.74, 6) is 7.67. The lowest BCUT2D eigenvalue weighted by atomic mass is 9.84. The molecule has 1 aliphatic rings. The van der Waals surface area contributed by atoms with Crippen molar-refractivity contribution in [2.75, 3.05) is 13.2 Å². The van der Waals surface area contributed by atoms with Crippen LogP contribution in [0.5, 0.6) is 5.75 Å². The molecule has 1 aromatic heterocycles. The molecule has 0 saturated heterocycles. The van der Waals surface area contributed by atoms with Gasteiger partial charge in [0.2, 0.25) is 0 Å². The summed E-state index contributed by atoms with van der Waals surface area (Å²) < 4.78 is 17.8. The molecule has 0 radical (unpaired) electrons. The van der Waals surface area contributed by atoms with Crippen molar-refractivity contribution in [2.45, 2.75) is 77.8 Å². The molecule has 1 unspecified atom stereocenters. The number of ether oxygens (including phenoxy) is 2. The van der Waals surface area contributed by atoms with E-state index in [4.69, 9.17) is 13.9 Å². The van der Waals surface area contributed by atoms with Crippen LogP contribution in [-0.4, -0.2) is 38.7 Å². The first-order valence-corrected chi connectivity index (χ1v) is 12.8. The van der Waals surface area contributed by atoms with Gasteiger partial charge in [-0.15, -0.1) is 0 Å². The molecule has 27 heavy (non-hydrogen) atoms. The van der Waals surface area contributed by atoms with Crippen LogP contribution in [0.25, 0.3) is 0 Å². The van der Waals surface area contributed by atoms with Crippen LogP contribution in [0.15, 0.2) is 18.3 Å². The van der Waals surface area contributed by atoms with Crippen molar-refractivity contribution in [3.63, 3.8) is 0 Å². The maximum Gasteiger partial charge on any atom is 0.192 e. The Morgan fingerprint density at radius 2 is 1.96 bits per heavy atom. The zero-order valence-electron chi connectivity index (χ0n) is 18.0. The van der Waals surface area contributed by atoms with Crippen LogP contribution in [0, 0.1) is 17.8 Å². The van der Waals surface area contributed by atoms with Crippen LogP contribution in [0.3, 0.4) is 0 Å². The van der Waals surface area contributed by atoms with Gasteiger partial charge in [0.15, 0.2) is 8.32 Å². The molecule has 4 nitrogen and oxygen atoms in total. The maximum absolute atomic E-state index is 6.18. The Balaban J connectivity index is 1.70. The average Bonchev–Trinajstić information content (AvgIpc) is 2.56. The highest BCUT2D eigenvalue weighted by Crippen LogP contribution is 2.36. The second kappa shape index (κ2) is 9.23. The number of hydrogen-bond acceptors (Lipinski definition) is 4. The third kappa shape index (κ3) is 6.95. The minimum atomic E-state index is -1.73. The molecule has 5 heteroatoms. The summed E-state index contributed by atoms with van der Waals surface area (Å²) in [6.45, 7) is 16.5. The number of pyridine rings is 1. The van der Waals surface area contributed by atoms with Gasteiger partial charge in [0, 0.05) is 0 Å². The fourth-order valence-corrected chi connectivity index (χ4v) is 3.63. The fraction of sp³-hybridized carbons (Fsp3) is 0.682. The molecule has 0 aromatic carbocycles. The van der Waals surface area contributed by atoms with Crippen molar-refractivity contribution in [3.8, 4) is 17.6 Å². The van der Waals surface area contributed by atoms with Crippen LogP contribution in [0.2, 0.25) is 18.1 Å². The summed E-state index contributed by atoms with van der Waals surface area (Å²) in [5.41, 5.74) is 0.734. The van der Waals surface area contributed by atoms with E-state index >= 15 is 0 Å². The van der Waals surface area contributed by atoms with E-state index in [1.807, 2.05) is 19.1 Å². The fourth-order valence-electron chi connectivity index (χ4n) is 2.54. The van der Waals surface area contributed by atoms with E-state index in [1.54, 1.807) is 6.20 Å². The van der Waals surface area contributed by atoms with E-state index in [1.165, 1.54) is 0 Å². The van der Waals surface area contributed by atoms with E-state index in [9.17, 15) is 0 Å². The Bertz CT molecular complexity index is 649. The van der Waals surface area contributed by atoms with Gasteiger partial charge in [-0.3, -0.25) is 0 Å². The lowest BCUT2D eigenvalue weighted by Gasteiger charge is -2.36. The van der Waals surface area contributed by atoms with Crippen molar-refractivity contribution in [1.82, 2.24) is 4.98 Å². The Hall–Kier alpha value is -1.35. The highest BCUT2D eigenvalue weighted by molar-refractivity contribution is 6.74. The molecule has 0 spiro atoms. The molecule has 1 aliphatic carbocycles. The molecular weight excluding hydrogens is 354 g/mol. The van der Waals surface area contributed by atoms with E-state index in [0.29, 0.717) is 19.3 Å². The SMILES string of the molecule is CC(CO[Si](C)(C)C(C)(C)C)OCC#Cc1ccc(O[C@H]2C[C@H](C)C2)cn1. The largest absolute Gasteiger partial charge is 0.489 e. The van der Waals surface area contributed by atoms with Crippen molar-refractivity contribution in [3.05, 3.63) is 24.0 Å². The van der Waals surface area contributed by atoms with Gasteiger partial charge < -0.3 is 13.9 Å². The number of rotatable bonds is 7. The van der Waals surface area contributed by atoms with Crippen LogP contribution in [0.4, 0.5) is 0 Å². The van der Waals surface area contributed by atoms with Crippen molar-refractivity contribution >= 4 is 8.32 Å². The maximum atomic E-state index is 6.18. The highest BCUT2D eigenvalue weighted by atomic mass is 28.4. The van der Waals surface area contributed by atoms with Gasteiger partial charge in [-0.1, -0.05) is 33.6 Å². The molecule has 150 valence electrons. The minimum absolute atomic E-state index is 0.0297. The van der Waals surface area contributed by atoms with Gasteiger partial charge in [-0.05, 0) is 61.9 Å². The monoisotopic (exact) mass is 389 g/mol. The third-order valence-electron chi connectivity index (χ3n) is 5.51. The van der Waals surface area contributed by atoms with Gasteiger partial charge in [-0.2, -0.15) is 0 Å². The average molecular weight is 390 g/mol. The molecule has 1 heterocycles. The second-order valence-electron chi connectivity index (χ2n) is 9.19. The molecule has 1 aromatic rings. The lowest BCUT2D eigenvalue weighted by Crippen LogP contribution is -2.42. The number of nitrogens with zero attached hydrogens (tertiary/aromatic N) is 1. The predicted octanol–water partition coefficient (Wildman–Crippen LogP) is 5.04.